The number of rotatable bonds is 5. The van der Waals surface area contributed by atoms with E-state index in [1.165, 1.54) is 22.2 Å². The van der Waals surface area contributed by atoms with Crippen molar-refractivity contribution in [3.63, 3.8) is 0 Å². The second-order valence-corrected chi connectivity index (χ2v) is 11.6. The lowest BCUT2D eigenvalue weighted by Gasteiger charge is -2.28. The van der Waals surface area contributed by atoms with Gasteiger partial charge in [-0.05, 0) is 24.7 Å². The maximum Gasteiger partial charge on any atom is 0.236 e. The van der Waals surface area contributed by atoms with Crippen LogP contribution in [0.25, 0.3) is 15.9 Å². The smallest absolute Gasteiger partial charge is 0.236 e. The fraction of sp³-hybridized carbons (Fsp3) is 0.619. The number of amides is 1. The first kappa shape index (κ1) is 22.4. The number of fused-ring (bicyclic) bond motifs is 5. The zero-order valence-corrected chi connectivity index (χ0v) is 21.1. The van der Waals surface area contributed by atoms with Gasteiger partial charge in [-0.15, -0.1) is 21.5 Å². The summed E-state index contributed by atoms with van der Waals surface area (Å²) < 4.78 is 13.5. The van der Waals surface area contributed by atoms with Crippen molar-refractivity contribution in [1.82, 2.24) is 24.5 Å². The summed E-state index contributed by atoms with van der Waals surface area (Å²) in [5.41, 5.74) is 2.12. The molecule has 5 heterocycles. The Morgan fingerprint density at radius 1 is 1.19 bits per heavy atom. The van der Waals surface area contributed by atoms with Gasteiger partial charge in [-0.1, -0.05) is 37.4 Å². The quantitative estimate of drug-likeness (QED) is 0.395. The number of carbonyl (C=O) groups is 1. The summed E-state index contributed by atoms with van der Waals surface area (Å²) in [6, 6.07) is 0. The summed E-state index contributed by atoms with van der Waals surface area (Å²) >= 11 is 4.71. The van der Waals surface area contributed by atoms with E-state index in [1.54, 1.807) is 23.1 Å². The van der Waals surface area contributed by atoms with Crippen LogP contribution in [-0.2, 0) is 27.3 Å². The largest absolute Gasteiger partial charge is 0.378 e. The molecule has 172 valence electrons. The number of aromatic nitrogens is 4. The first-order valence-corrected chi connectivity index (χ1v) is 13.8. The maximum atomic E-state index is 12.9. The van der Waals surface area contributed by atoms with Crippen molar-refractivity contribution in [3.8, 4) is 0 Å². The van der Waals surface area contributed by atoms with Crippen molar-refractivity contribution in [2.75, 3.05) is 32.6 Å². The Kier molecular flexibility index (Phi) is 6.36. The van der Waals surface area contributed by atoms with E-state index in [2.05, 4.69) is 24.0 Å². The molecule has 1 saturated heterocycles. The van der Waals surface area contributed by atoms with Crippen LogP contribution >= 0.6 is 34.9 Å². The second-order valence-electron chi connectivity index (χ2n) is 8.42. The predicted octanol–water partition coefficient (Wildman–Crippen LogP) is 3.50. The maximum absolute atomic E-state index is 12.9. The van der Waals surface area contributed by atoms with Gasteiger partial charge in [0.05, 0.1) is 36.6 Å². The normalized spacial score (nSPS) is 20.3. The zero-order chi connectivity index (χ0) is 22.4. The van der Waals surface area contributed by atoms with E-state index in [-0.39, 0.29) is 17.3 Å². The minimum absolute atomic E-state index is 0.111. The van der Waals surface area contributed by atoms with E-state index in [0.717, 1.165) is 27.4 Å². The first-order chi connectivity index (χ1) is 15.5. The lowest BCUT2D eigenvalue weighted by Crippen LogP contribution is -2.44. The molecular formula is C21H27N5O3S3. The monoisotopic (exact) mass is 493 g/mol. The number of carbonyl (C=O) groups excluding carboxylic acids is 1. The SMILES string of the molecule is CSc1nc2sc3c(c2c2nnc(S[C@H](C)C(=O)N4CCOCC4)n12)C[C@@H](C(C)C)OC3. The summed E-state index contributed by atoms with van der Waals surface area (Å²) in [5, 5.41) is 11.5. The lowest BCUT2D eigenvalue weighted by molar-refractivity contribution is -0.134. The van der Waals surface area contributed by atoms with Gasteiger partial charge in [0.1, 0.15) is 4.83 Å². The van der Waals surface area contributed by atoms with E-state index < -0.39 is 0 Å². The number of hydrogen-bond acceptors (Lipinski definition) is 9. The molecule has 0 aromatic carbocycles. The van der Waals surface area contributed by atoms with Gasteiger partial charge >= 0.3 is 0 Å². The Hall–Kier alpha value is -1.40. The van der Waals surface area contributed by atoms with Gasteiger partial charge in [0.15, 0.2) is 16.0 Å². The van der Waals surface area contributed by atoms with Crippen LogP contribution < -0.4 is 0 Å². The van der Waals surface area contributed by atoms with Crippen LogP contribution in [0.1, 0.15) is 31.2 Å². The Morgan fingerprint density at radius 3 is 2.69 bits per heavy atom. The highest BCUT2D eigenvalue weighted by atomic mass is 32.2. The summed E-state index contributed by atoms with van der Waals surface area (Å²) in [6.45, 7) is 9.43. The molecule has 2 atom stereocenters. The molecule has 0 unspecified atom stereocenters. The van der Waals surface area contributed by atoms with Crippen LogP contribution in [0, 0.1) is 5.92 Å². The number of thioether (sulfide) groups is 2. The molecule has 1 fully saturated rings. The Labute approximate surface area is 199 Å². The number of morpholine rings is 1. The third-order valence-electron chi connectivity index (χ3n) is 6.03. The standard InChI is InChI=1S/C21H27N5O3S3/c1-11(2)14-9-13-15(10-29-14)32-18-16(13)17-23-24-21(26(17)20(22-18)30-4)31-12(3)19(27)25-5-7-28-8-6-25/h11-12,14H,5-10H2,1-4H3/t12-,14+/m1/s1. The molecule has 0 saturated carbocycles. The number of thiophene rings is 1. The van der Waals surface area contributed by atoms with Gasteiger partial charge in [0.25, 0.3) is 0 Å². The molecule has 3 aromatic rings. The Bertz CT molecular complexity index is 1150. The fourth-order valence-electron chi connectivity index (χ4n) is 4.21. The highest BCUT2D eigenvalue weighted by Crippen LogP contribution is 2.40. The second kappa shape index (κ2) is 9.09. The highest BCUT2D eigenvalue weighted by Gasteiger charge is 2.30. The molecule has 0 spiro atoms. The molecule has 32 heavy (non-hydrogen) atoms. The predicted molar refractivity (Wildman–Crippen MR) is 128 cm³/mol. The topological polar surface area (TPSA) is 81.9 Å². The average molecular weight is 494 g/mol. The fourth-order valence-corrected chi connectivity index (χ4v) is 6.92. The van der Waals surface area contributed by atoms with Crippen molar-refractivity contribution in [2.24, 2.45) is 5.92 Å². The van der Waals surface area contributed by atoms with Crippen LogP contribution in [0.2, 0.25) is 0 Å². The van der Waals surface area contributed by atoms with Gasteiger partial charge in [0.2, 0.25) is 5.91 Å². The van der Waals surface area contributed by atoms with Crippen molar-refractivity contribution >= 4 is 56.6 Å². The highest BCUT2D eigenvalue weighted by molar-refractivity contribution is 8.00. The van der Waals surface area contributed by atoms with Gasteiger partial charge in [-0.3, -0.25) is 4.79 Å². The van der Waals surface area contributed by atoms with Crippen molar-refractivity contribution in [2.45, 2.75) is 55.5 Å². The molecule has 5 rings (SSSR count). The first-order valence-electron chi connectivity index (χ1n) is 10.9. The molecule has 8 nitrogen and oxygen atoms in total. The summed E-state index contributed by atoms with van der Waals surface area (Å²) in [5.74, 6) is 0.559. The van der Waals surface area contributed by atoms with Gasteiger partial charge in [-0.2, -0.15) is 0 Å². The van der Waals surface area contributed by atoms with Crippen molar-refractivity contribution < 1.29 is 14.3 Å². The van der Waals surface area contributed by atoms with Gasteiger partial charge in [-0.25, -0.2) is 9.38 Å². The third-order valence-corrected chi connectivity index (χ3v) is 8.80. The molecule has 0 aliphatic carbocycles. The van der Waals surface area contributed by atoms with Crippen LogP contribution in [0.15, 0.2) is 10.3 Å². The summed E-state index contributed by atoms with van der Waals surface area (Å²) in [6.07, 6.45) is 3.07. The number of hydrogen-bond donors (Lipinski definition) is 0. The molecule has 1 amide bonds. The van der Waals surface area contributed by atoms with Crippen LogP contribution in [0.3, 0.4) is 0 Å². The number of ether oxygens (including phenoxy) is 2. The summed E-state index contributed by atoms with van der Waals surface area (Å²) in [4.78, 5) is 22.0. The van der Waals surface area contributed by atoms with Crippen LogP contribution in [0.4, 0.5) is 0 Å². The third kappa shape index (κ3) is 3.91. The average Bonchev–Trinajstić information content (AvgIpc) is 3.39. The van der Waals surface area contributed by atoms with E-state index in [4.69, 9.17) is 14.5 Å². The molecule has 2 aliphatic rings. The molecule has 0 radical (unpaired) electrons. The molecular weight excluding hydrogens is 466 g/mol. The molecule has 0 bridgehead atoms. The molecule has 3 aromatic heterocycles. The Balaban J connectivity index is 1.53. The van der Waals surface area contributed by atoms with Crippen LogP contribution in [-0.4, -0.2) is 74.3 Å². The van der Waals surface area contributed by atoms with E-state index >= 15 is 0 Å². The van der Waals surface area contributed by atoms with Gasteiger partial charge < -0.3 is 14.4 Å². The lowest BCUT2D eigenvalue weighted by atomic mass is 9.96. The Morgan fingerprint density at radius 2 is 1.97 bits per heavy atom. The molecule has 0 N–H and O–H groups in total. The van der Waals surface area contributed by atoms with Crippen LogP contribution in [0.5, 0.6) is 0 Å². The zero-order valence-electron chi connectivity index (χ0n) is 18.7. The van der Waals surface area contributed by atoms with E-state index in [9.17, 15) is 4.79 Å². The van der Waals surface area contributed by atoms with Crippen molar-refractivity contribution in [1.29, 1.82) is 0 Å². The number of nitrogens with zero attached hydrogens (tertiary/aromatic N) is 5. The minimum atomic E-state index is -0.263. The molecule has 2 aliphatic heterocycles. The molecule has 11 heteroatoms. The van der Waals surface area contributed by atoms with E-state index in [1.807, 2.05) is 22.5 Å². The van der Waals surface area contributed by atoms with E-state index in [0.29, 0.717) is 44.0 Å². The van der Waals surface area contributed by atoms with Gasteiger partial charge in [0, 0.05) is 24.4 Å². The minimum Gasteiger partial charge on any atom is -0.378 e. The summed E-state index contributed by atoms with van der Waals surface area (Å²) in [7, 11) is 0. The van der Waals surface area contributed by atoms with Crippen molar-refractivity contribution in [3.05, 3.63) is 10.4 Å².